The highest BCUT2D eigenvalue weighted by Crippen LogP contribution is 2.48. The van der Waals surface area contributed by atoms with Crippen LogP contribution in [-0.2, 0) is 19.7 Å². The van der Waals surface area contributed by atoms with E-state index in [-0.39, 0.29) is 17.2 Å². The summed E-state index contributed by atoms with van der Waals surface area (Å²) < 4.78 is 4.97. The van der Waals surface area contributed by atoms with E-state index in [1.54, 1.807) is 7.11 Å². The van der Waals surface area contributed by atoms with Gasteiger partial charge in [0.2, 0.25) is 11.8 Å². The Labute approximate surface area is 125 Å². The first-order valence-corrected chi connectivity index (χ1v) is 7.24. The van der Waals surface area contributed by atoms with E-state index in [4.69, 9.17) is 4.74 Å². The van der Waals surface area contributed by atoms with Crippen LogP contribution in [0, 0.1) is 0 Å². The molecular formula is C16H22N2O3. The van der Waals surface area contributed by atoms with E-state index < -0.39 is 0 Å². The molecule has 0 aromatic heterocycles. The van der Waals surface area contributed by atoms with Gasteiger partial charge < -0.3 is 15.4 Å². The molecule has 2 amide bonds. The lowest BCUT2D eigenvalue weighted by Crippen LogP contribution is -2.35. The summed E-state index contributed by atoms with van der Waals surface area (Å²) in [6.07, 6.45) is 2.57. The normalized spacial score (nSPS) is 15.3. The number of hydrogen-bond donors (Lipinski definition) is 2. The molecule has 2 rings (SSSR count). The third-order valence-corrected chi connectivity index (χ3v) is 3.75. The van der Waals surface area contributed by atoms with Crippen molar-refractivity contribution in [1.29, 1.82) is 0 Å². The molecule has 5 nitrogen and oxygen atoms in total. The number of nitrogens with one attached hydrogen (secondary N) is 2. The molecule has 1 saturated carbocycles. The summed E-state index contributed by atoms with van der Waals surface area (Å²) in [5, 5.41) is 5.70. The molecule has 21 heavy (non-hydrogen) atoms. The van der Waals surface area contributed by atoms with Crippen LogP contribution in [0.25, 0.3) is 0 Å². The number of anilines is 1. The van der Waals surface area contributed by atoms with Crippen molar-refractivity contribution < 1.29 is 14.3 Å². The molecule has 114 valence electrons. The van der Waals surface area contributed by atoms with Gasteiger partial charge in [-0.05, 0) is 37.0 Å². The molecule has 0 atom stereocenters. The van der Waals surface area contributed by atoms with Gasteiger partial charge in [0.05, 0.1) is 5.41 Å². The Balaban J connectivity index is 1.96. The minimum absolute atomic E-state index is 0.0888. The largest absolute Gasteiger partial charge is 0.385 e. The molecule has 0 spiro atoms. The molecule has 1 aromatic rings. The summed E-state index contributed by atoms with van der Waals surface area (Å²) in [5.74, 6) is -0.00866. The molecule has 2 N–H and O–H groups in total. The summed E-state index contributed by atoms with van der Waals surface area (Å²) in [6.45, 7) is 2.76. The van der Waals surface area contributed by atoms with Crippen LogP contribution >= 0.6 is 0 Å². The van der Waals surface area contributed by atoms with Crippen molar-refractivity contribution in [3.8, 4) is 0 Å². The van der Waals surface area contributed by atoms with Gasteiger partial charge in [0.25, 0.3) is 0 Å². The lowest BCUT2D eigenvalue weighted by molar-refractivity contribution is -0.123. The zero-order chi connectivity index (χ0) is 15.3. The summed E-state index contributed by atoms with van der Waals surface area (Å²) in [4.78, 5) is 23.3. The lowest BCUT2D eigenvalue weighted by Gasteiger charge is -2.16. The second-order valence-corrected chi connectivity index (χ2v) is 5.44. The van der Waals surface area contributed by atoms with E-state index in [1.165, 1.54) is 6.92 Å². The molecule has 0 heterocycles. The van der Waals surface area contributed by atoms with Gasteiger partial charge in [0.15, 0.2) is 0 Å². The molecule has 5 heteroatoms. The minimum atomic E-state index is -0.373. The maximum atomic E-state index is 12.3. The Morgan fingerprint density at radius 2 is 1.90 bits per heavy atom. The van der Waals surface area contributed by atoms with Crippen molar-refractivity contribution >= 4 is 17.5 Å². The molecular weight excluding hydrogens is 268 g/mol. The Bertz CT molecular complexity index is 507. The summed E-state index contributed by atoms with van der Waals surface area (Å²) in [7, 11) is 1.65. The van der Waals surface area contributed by atoms with E-state index in [9.17, 15) is 9.59 Å². The highest BCUT2D eigenvalue weighted by Gasteiger charge is 2.50. The predicted octanol–water partition coefficient (Wildman–Crippen LogP) is 1.83. The number of carbonyl (C=O) groups excluding carboxylic acids is 2. The number of methoxy groups -OCH3 is 1. The second kappa shape index (κ2) is 6.72. The third-order valence-electron chi connectivity index (χ3n) is 3.75. The average Bonchev–Trinajstić information content (AvgIpc) is 3.25. The Kier molecular flexibility index (Phi) is 4.96. The van der Waals surface area contributed by atoms with Gasteiger partial charge >= 0.3 is 0 Å². The first-order valence-electron chi connectivity index (χ1n) is 7.24. The monoisotopic (exact) mass is 290 g/mol. The number of hydrogen-bond acceptors (Lipinski definition) is 3. The number of rotatable bonds is 7. The van der Waals surface area contributed by atoms with Crippen LogP contribution in [-0.4, -0.2) is 32.1 Å². The first kappa shape index (κ1) is 15.5. The van der Waals surface area contributed by atoms with Crippen molar-refractivity contribution in [1.82, 2.24) is 5.32 Å². The molecule has 0 aliphatic heterocycles. The van der Waals surface area contributed by atoms with Gasteiger partial charge in [-0.2, -0.15) is 0 Å². The molecule has 1 aromatic carbocycles. The van der Waals surface area contributed by atoms with Gasteiger partial charge in [-0.1, -0.05) is 12.1 Å². The van der Waals surface area contributed by atoms with Gasteiger partial charge in [-0.15, -0.1) is 0 Å². The molecule has 0 unspecified atom stereocenters. The Morgan fingerprint density at radius 1 is 1.24 bits per heavy atom. The summed E-state index contributed by atoms with van der Waals surface area (Å²) >= 11 is 0. The van der Waals surface area contributed by atoms with Crippen LogP contribution in [0.4, 0.5) is 5.69 Å². The SMILES string of the molecule is COCCCNC(=O)C1(c2ccc(NC(C)=O)cc2)CC1. The van der Waals surface area contributed by atoms with Crippen LogP contribution in [0.5, 0.6) is 0 Å². The number of carbonyl (C=O) groups is 2. The minimum Gasteiger partial charge on any atom is -0.385 e. The van der Waals surface area contributed by atoms with Crippen molar-refractivity contribution in [3.05, 3.63) is 29.8 Å². The molecule has 0 bridgehead atoms. The lowest BCUT2D eigenvalue weighted by atomic mass is 9.94. The topological polar surface area (TPSA) is 67.4 Å². The zero-order valence-electron chi connectivity index (χ0n) is 12.6. The van der Waals surface area contributed by atoms with Gasteiger partial charge in [0.1, 0.15) is 0 Å². The van der Waals surface area contributed by atoms with Crippen molar-refractivity contribution in [3.63, 3.8) is 0 Å². The zero-order valence-corrected chi connectivity index (χ0v) is 12.6. The van der Waals surface area contributed by atoms with E-state index in [0.717, 1.165) is 30.5 Å². The van der Waals surface area contributed by atoms with Crippen LogP contribution < -0.4 is 10.6 Å². The van der Waals surface area contributed by atoms with E-state index >= 15 is 0 Å². The Hall–Kier alpha value is -1.88. The van der Waals surface area contributed by atoms with Crippen molar-refractivity contribution in [2.75, 3.05) is 25.6 Å². The maximum absolute atomic E-state index is 12.3. The fraction of sp³-hybridized carbons (Fsp3) is 0.500. The smallest absolute Gasteiger partial charge is 0.230 e. The van der Waals surface area contributed by atoms with Crippen LogP contribution in [0.3, 0.4) is 0 Å². The molecule has 0 radical (unpaired) electrons. The van der Waals surface area contributed by atoms with Gasteiger partial charge in [-0.3, -0.25) is 9.59 Å². The summed E-state index contributed by atoms with van der Waals surface area (Å²) in [5.41, 5.74) is 1.39. The molecule has 1 aliphatic rings. The van der Waals surface area contributed by atoms with E-state index in [1.807, 2.05) is 24.3 Å². The van der Waals surface area contributed by atoms with E-state index in [0.29, 0.717) is 13.2 Å². The first-order chi connectivity index (χ1) is 10.1. The van der Waals surface area contributed by atoms with Gasteiger partial charge in [0, 0.05) is 32.9 Å². The van der Waals surface area contributed by atoms with E-state index in [2.05, 4.69) is 10.6 Å². The fourth-order valence-corrected chi connectivity index (χ4v) is 2.44. The predicted molar refractivity (Wildman–Crippen MR) is 81.2 cm³/mol. The molecule has 0 saturated heterocycles. The summed E-state index contributed by atoms with van der Waals surface area (Å²) in [6, 6.07) is 7.53. The average molecular weight is 290 g/mol. The standard InChI is InChI=1S/C16H22N2O3/c1-12(19)18-14-6-4-13(5-7-14)16(8-9-16)15(20)17-10-3-11-21-2/h4-7H,3,8-11H2,1-2H3,(H,17,20)(H,18,19). The Morgan fingerprint density at radius 3 is 2.43 bits per heavy atom. The second-order valence-electron chi connectivity index (χ2n) is 5.44. The number of ether oxygens (including phenoxy) is 1. The number of amides is 2. The van der Waals surface area contributed by atoms with Crippen LogP contribution in [0.15, 0.2) is 24.3 Å². The van der Waals surface area contributed by atoms with Crippen molar-refractivity contribution in [2.45, 2.75) is 31.6 Å². The van der Waals surface area contributed by atoms with Gasteiger partial charge in [-0.25, -0.2) is 0 Å². The van der Waals surface area contributed by atoms with Crippen molar-refractivity contribution in [2.24, 2.45) is 0 Å². The number of benzene rings is 1. The van der Waals surface area contributed by atoms with Crippen LogP contribution in [0.2, 0.25) is 0 Å². The van der Waals surface area contributed by atoms with Crippen LogP contribution in [0.1, 0.15) is 31.7 Å². The third kappa shape index (κ3) is 3.82. The molecule has 1 aliphatic carbocycles. The quantitative estimate of drug-likeness (QED) is 0.753. The highest BCUT2D eigenvalue weighted by atomic mass is 16.5. The highest BCUT2D eigenvalue weighted by molar-refractivity contribution is 5.92. The molecule has 1 fully saturated rings. The fourth-order valence-electron chi connectivity index (χ4n) is 2.44. The maximum Gasteiger partial charge on any atom is 0.230 e.